The summed E-state index contributed by atoms with van der Waals surface area (Å²) in [6.45, 7) is 2.14. The fraction of sp³-hybridized carbons (Fsp3) is 0.846. The molecule has 1 amide bonds. The van der Waals surface area contributed by atoms with Gasteiger partial charge in [-0.15, -0.1) is 0 Å². The molecule has 0 radical (unpaired) electrons. The van der Waals surface area contributed by atoms with E-state index in [-0.39, 0.29) is 25.4 Å². The zero-order valence-electron chi connectivity index (χ0n) is 13.7. The van der Waals surface area contributed by atoms with Gasteiger partial charge in [0, 0.05) is 13.0 Å². The van der Waals surface area contributed by atoms with Crippen molar-refractivity contribution in [3.05, 3.63) is 0 Å². The normalized spacial score (nSPS) is 13.5. The molecule has 0 heterocycles. The van der Waals surface area contributed by atoms with Gasteiger partial charge in [-0.1, -0.05) is 6.92 Å². The molecular formula is C13H27N2O6S+. The Morgan fingerprint density at radius 1 is 1.27 bits per heavy atom. The Balaban J connectivity index is 4.49. The molecule has 9 heteroatoms. The molecule has 0 rings (SSSR count). The summed E-state index contributed by atoms with van der Waals surface area (Å²) < 4.78 is 35.6. The maximum Gasteiger partial charge on any atom is 0.306 e. The molecule has 2 N–H and O–H groups in total. The minimum atomic E-state index is -4.11. The first-order valence-electron chi connectivity index (χ1n) is 7.14. The van der Waals surface area contributed by atoms with Crippen molar-refractivity contribution >= 4 is 22.0 Å². The van der Waals surface area contributed by atoms with E-state index < -0.39 is 27.9 Å². The van der Waals surface area contributed by atoms with Gasteiger partial charge in [-0.2, -0.15) is 8.42 Å². The van der Waals surface area contributed by atoms with Crippen LogP contribution in [0.3, 0.4) is 0 Å². The lowest BCUT2D eigenvalue weighted by atomic mass is 10.2. The van der Waals surface area contributed by atoms with Crippen LogP contribution in [0.2, 0.25) is 0 Å². The van der Waals surface area contributed by atoms with E-state index in [0.717, 1.165) is 0 Å². The monoisotopic (exact) mass is 339 g/mol. The number of hydrogen-bond acceptors (Lipinski definition) is 5. The molecule has 0 aromatic carbocycles. The predicted octanol–water partition coefficient (Wildman–Crippen LogP) is -0.201. The number of amides is 1. The quantitative estimate of drug-likeness (QED) is 0.324. The van der Waals surface area contributed by atoms with Gasteiger partial charge in [-0.3, -0.25) is 14.1 Å². The summed E-state index contributed by atoms with van der Waals surface area (Å²) >= 11 is 0. The number of rotatable bonds is 10. The molecule has 0 fully saturated rings. The highest BCUT2D eigenvalue weighted by Crippen LogP contribution is 2.07. The van der Waals surface area contributed by atoms with Gasteiger partial charge in [0.25, 0.3) is 10.1 Å². The van der Waals surface area contributed by atoms with E-state index in [1.165, 1.54) is 0 Å². The van der Waals surface area contributed by atoms with Crippen molar-refractivity contribution < 1.29 is 31.8 Å². The van der Waals surface area contributed by atoms with Crippen LogP contribution >= 0.6 is 0 Å². The van der Waals surface area contributed by atoms with Gasteiger partial charge in [0.2, 0.25) is 5.91 Å². The number of carbonyl (C=O) groups is 2. The number of nitrogens with zero attached hydrogens (tertiary/aromatic N) is 1. The van der Waals surface area contributed by atoms with Crippen LogP contribution in [0, 0.1) is 0 Å². The maximum absolute atomic E-state index is 11.8. The van der Waals surface area contributed by atoms with Crippen LogP contribution in [-0.2, 0) is 24.4 Å². The second kappa shape index (κ2) is 9.06. The van der Waals surface area contributed by atoms with Crippen LogP contribution in [0.15, 0.2) is 0 Å². The van der Waals surface area contributed by atoms with E-state index in [4.69, 9.17) is 9.29 Å². The predicted molar refractivity (Wildman–Crippen MR) is 81.7 cm³/mol. The highest BCUT2D eigenvalue weighted by atomic mass is 32.2. The lowest BCUT2D eigenvalue weighted by molar-refractivity contribution is -0.873. The topological polar surface area (TPSA) is 110 Å². The first-order valence-corrected chi connectivity index (χ1v) is 8.75. The summed E-state index contributed by atoms with van der Waals surface area (Å²) in [6, 6.07) is 0. The number of esters is 1. The third-order valence-corrected chi connectivity index (χ3v) is 3.32. The van der Waals surface area contributed by atoms with Crippen LogP contribution in [0.1, 0.15) is 26.2 Å². The summed E-state index contributed by atoms with van der Waals surface area (Å²) in [4.78, 5) is 23.4. The summed E-state index contributed by atoms with van der Waals surface area (Å²) in [6.07, 6.45) is 0.329. The summed E-state index contributed by atoms with van der Waals surface area (Å²) in [5, 5.41) is 2.38. The third kappa shape index (κ3) is 12.5. The average Bonchev–Trinajstić information content (AvgIpc) is 2.24. The summed E-state index contributed by atoms with van der Waals surface area (Å²) in [5.74, 6) is -1.33. The Labute approximate surface area is 132 Å². The smallest absolute Gasteiger partial charge is 0.306 e. The zero-order chi connectivity index (χ0) is 17.4. The lowest BCUT2D eigenvalue weighted by Crippen LogP contribution is -2.45. The minimum Gasteiger partial charge on any atom is -0.456 e. The molecule has 0 spiro atoms. The molecule has 130 valence electrons. The molecular weight excluding hydrogens is 312 g/mol. The molecule has 0 unspecified atom stereocenters. The minimum absolute atomic E-state index is 0.0452. The van der Waals surface area contributed by atoms with E-state index in [9.17, 15) is 18.0 Å². The van der Waals surface area contributed by atoms with Gasteiger partial charge in [0.05, 0.1) is 33.3 Å². The Hall–Kier alpha value is -1.19. The number of quaternary nitrogens is 1. The largest absolute Gasteiger partial charge is 0.456 e. The Morgan fingerprint density at radius 2 is 1.86 bits per heavy atom. The second-order valence-corrected chi connectivity index (χ2v) is 7.75. The number of ether oxygens (including phenoxy) is 1. The number of hydrogen-bond donors (Lipinski definition) is 2. The van der Waals surface area contributed by atoms with Gasteiger partial charge < -0.3 is 14.5 Å². The number of likely N-dealkylation sites (N-methyl/N-ethyl adjacent to an activating group) is 1. The van der Waals surface area contributed by atoms with E-state index in [0.29, 0.717) is 17.4 Å². The van der Waals surface area contributed by atoms with Crippen LogP contribution < -0.4 is 5.32 Å². The lowest BCUT2D eigenvalue weighted by Gasteiger charge is -2.28. The fourth-order valence-electron chi connectivity index (χ4n) is 1.80. The maximum atomic E-state index is 11.8. The van der Waals surface area contributed by atoms with Crippen LogP contribution in [0.25, 0.3) is 0 Å². The van der Waals surface area contributed by atoms with E-state index in [1.54, 1.807) is 0 Å². The molecule has 8 nitrogen and oxygen atoms in total. The van der Waals surface area contributed by atoms with Crippen molar-refractivity contribution in [3.8, 4) is 0 Å². The summed E-state index contributed by atoms with van der Waals surface area (Å²) in [5.41, 5.74) is 0. The van der Waals surface area contributed by atoms with Crippen molar-refractivity contribution in [1.29, 1.82) is 0 Å². The molecule has 0 aliphatic rings. The highest BCUT2D eigenvalue weighted by molar-refractivity contribution is 7.85. The SMILES string of the molecule is CCCC(=O)O[C@H](CC(=O)NCCS(=O)(=O)O)C[N+](C)(C)C. The van der Waals surface area contributed by atoms with Crippen molar-refractivity contribution in [3.63, 3.8) is 0 Å². The van der Waals surface area contributed by atoms with Gasteiger partial charge in [0.1, 0.15) is 6.54 Å². The zero-order valence-corrected chi connectivity index (χ0v) is 14.5. The molecule has 1 atom stereocenters. The average molecular weight is 339 g/mol. The van der Waals surface area contributed by atoms with E-state index >= 15 is 0 Å². The van der Waals surface area contributed by atoms with Crippen LogP contribution in [0.4, 0.5) is 0 Å². The van der Waals surface area contributed by atoms with Crippen molar-refractivity contribution in [2.45, 2.75) is 32.3 Å². The Kier molecular flexibility index (Phi) is 8.57. The first kappa shape index (κ1) is 20.8. The van der Waals surface area contributed by atoms with Gasteiger partial charge in [-0.25, -0.2) is 0 Å². The number of nitrogens with one attached hydrogen (secondary N) is 1. The van der Waals surface area contributed by atoms with Crippen molar-refractivity contribution in [2.75, 3.05) is 40.0 Å². The van der Waals surface area contributed by atoms with Gasteiger partial charge in [0.15, 0.2) is 6.10 Å². The van der Waals surface area contributed by atoms with Crippen LogP contribution in [-0.4, -0.2) is 75.4 Å². The van der Waals surface area contributed by atoms with Gasteiger partial charge in [-0.05, 0) is 6.42 Å². The molecule has 0 saturated carbocycles. The highest BCUT2D eigenvalue weighted by Gasteiger charge is 2.24. The fourth-order valence-corrected chi connectivity index (χ4v) is 2.16. The van der Waals surface area contributed by atoms with Crippen molar-refractivity contribution in [1.82, 2.24) is 5.32 Å². The molecule has 0 aromatic heterocycles. The first-order chi connectivity index (χ1) is 9.93. The number of carbonyl (C=O) groups excluding carboxylic acids is 2. The molecule has 0 aliphatic carbocycles. The molecule has 0 bridgehead atoms. The molecule has 0 saturated heterocycles. The van der Waals surface area contributed by atoms with E-state index in [2.05, 4.69) is 5.32 Å². The van der Waals surface area contributed by atoms with Crippen LogP contribution in [0.5, 0.6) is 0 Å². The standard InChI is InChI=1S/C13H26N2O6S/c1-5-6-13(17)21-11(10-15(2,3)4)9-12(16)14-7-8-22(18,19)20/h11H,5-10H2,1-4H3,(H-,14,16,18,19,20)/p+1/t11-/m1/s1. The Bertz CT molecular complexity index is 469. The van der Waals surface area contributed by atoms with Crippen molar-refractivity contribution in [2.24, 2.45) is 0 Å². The van der Waals surface area contributed by atoms with E-state index in [1.807, 2.05) is 28.1 Å². The Morgan fingerprint density at radius 3 is 2.32 bits per heavy atom. The second-order valence-electron chi connectivity index (χ2n) is 6.17. The third-order valence-electron chi connectivity index (χ3n) is 2.60. The molecule has 0 aliphatic heterocycles. The molecule has 0 aromatic rings. The molecule has 22 heavy (non-hydrogen) atoms. The summed E-state index contributed by atoms with van der Waals surface area (Å²) in [7, 11) is 1.63. The van der Waals surface area contributed by atoms with Gasteiger partial charge >= 0.3 is 5.97 Å².